The highest BCUT2D eigenvalue weighted by Gasteiger charge is 2.18. The fourth-order valence-corrected chi connectivity index (χ4v) is 2.91. The second kappa shape index (κ2) is 10.4. The van der Waals surface area contributed by atoms with E-state index in [0.717, 1.165) is 11.0 Å². The number of rotatable bonds is 9. The van der Waals surface area contributed by atoms with Crippen LogP contribution in [0.5, 0.6) is 0 Å². The molecule has 0 bridgehead atoms. The maximum atomic E-state index is 12.0. The summed E-state index contributed by atoms with van der Waals surface area (Å²) in [5, 5.41) is 3.61. The molecule has 2 aromatic carbocycles. The highest BCUT2D eigenvalue weighted by molar-refractivity contribution is 7.92. The van der Waals surface area contributed by atoms with Gasteiger partial charge in [-0.3, -0.25) is 9.59 Å². The van der Waals surface area contributed by atoms with Crippen LogP contribution in [-0.2, 0) is 30.9 Å². The minimum Gasteiger partial charge on any atom is -0.452 e. The minimum atomic E-state index is -3.81. The first-order chi connectivity index (χ1) is 13.4. The smallest absolute Gasteiger partial charge is 0.321 e. The Morgan fingerprint density at radius 1 is 1.04 bits per heavy atom. The lowest BCUT2D eigenvalue weighted by Crippen LogP contribution is -2.38. The van der Waals surface area contributed by atoms with E-state index >= 15 is 0 Å². The van der Waals surface area contributed by atoms with Gasteiger partial charge in [0.25, 0.3) is 5.91 Å². The van der Waals surface area contributed by atoms with Crippen LogP contribution in [-0.4, -0.2) is 32.9 Å². The molecule has 0 saturated carbocycles. The molecule has 0 spiro atoms. The quantitative estimate of drug-likeness (QED) is 0.623. The van der Waals surface area contributed by atoms with Crippen LogP contribution in [0.3, 0.4) is 0 Å². The number of esters is 1. The van der Waals surface area contributed by atoms with Gasteiger partial charge in [-0.1, -0.05) is 60.7 Å². The van der Waals surface area contributed by atoms with Gasteiger partial charge in [0, 0.05) is 12.0 Å². The summed E-state index contributed by atoms with van der Waals surface area (Å²) in [5.41, 5.74) is 1.62. The van der Waals surface area contributed by atoms with Crippen molar-refractivity contribution < 1.29 is 22.7 Å². The second-order valence-corrected chi connectivity index (χ2v) is 7.57. The molecule has 148 valence electrons. The fraction of sp³-hybridized carbons (Fsp3) is 0.200. The number of carbonyl (C=O) groups is 2. The lowest BCUT2D eigenvalue weighted by molar-refractivity contribution is -0.153. The molecule has 0 aliphatic heterocycles. The summed E-state index contributed by atoms with van der Waals surface area (Å²) in [7, 11) is -3.81. The molecular weight excluding hydrogens is 380 g/mol. The van der Waals surface area contributed by atoms with Crippen LogP contribution in [0, 0.1) is 0 Å². The molecule has 0 fully saturated rings. The molecular formula is C20H22N2O5S. The van der Waals surface area contributed by atoms with Gasteiger partial charge < -0.3 is 10.1 Å². The topological polar surface area (TPSA) is 102 Å². The number of hydrogen-bond acceptors (Lipinski definition) is 5. The van der Waals surface area contributed by atoms with Crippen molar-refractivity contribution in [1.29, 1.82) is 0 Å². The van der Waals surface area contributed by atoms with E-state index in [1.807, 2.05) is 36.4 Å². The fourth-order valence-electron chi connectivity index (χ4n) is 2.16. The Kier molecular flexibility index (Phi) is 7.91. The SMILES string of the molecule is C[C@H](OC(=O)CNS(=O)(=O)/C=C/c1ccccc1)C(=O)NCc1ccccc1. The lowest BCUT2D eigenvalue weighted by Gasteiger charge is -2.13. The van der Waals surface area contributed by atoms with Gasteiger partial charge in [-0.15, -0.1) is 0 Å². The molecule has 1 atom stereocenters. The third-order valence-electron chi connectivity index (χ3n) is 3.64. The molecule has 0 aromatic heterocycles. The van der Waals surface area contributed by atoms with Gasteiger partial charge >= 0.3 is 5.97 Å². The first-order valence-electron chi connectivity index (χ1n) is 8.59. The third-order valence-corrected chi connectivity index (χ3v) is 4.69. The largest absolute Gasteiger partial charge is 0.452 e. The molecule has 0 aliphatic rings. The molecule has 0 radical (unpaired) electrons. The Morgan fingerprint density at radius 3 is 2.29 bits per heavy atom. The summed E-state index contributed by atoms with van der Waals surface area (Å²) < 4.78 is 30.9. The summed E-state index contributed by atoms with van der Waals surface area (Å²) in [6, 6.07) is 18.1. The van der Waals surface area contributed by atoms with E-state index in [0.29, 0.717) is 12.1 Å². The number of carbonyl (C=O) groups excluding carboxylic acids is 2. The average Bonchev–Trinajstić information content (AvgIpc) is 2.70. The molecule has 0 heterocycles. The van der Waals surface area contributed by atoms with E-state index in [1.165, 1.54) is 13.0 Å². The Morgan fingerprint density at radius 2 is 1.64 bits per heavy atom. The molecule has 7 nitrogen and oxygen atoms in total. The molecule has 0 unspecified atom stereocenters. The zero-order valence-corrected chi connectivity index (χ0v) is 16.2. The molecule has 1 amide bonds. The Labute approximate surface area is 164 Å². The number of ether oxygens (including phenoxy) is 1. The van der Waals surface area contributed by atoms with Crippen LogP contribution in [0.1, 0.15) is 18.1 Å². The van der Waals surface area contributed by atoms with E-state index in [-0.39, 0.29) is 0 Å². The van der Waals surface area contributed by atoms with E-state index in [9.17, 15) is 18.0 Å². The Balaban J connectivity index is 1.76. The van der Waals surface area contributed by atoms with Crippen LogP contribution < -0.4 is 10.0 Å². The molecule has 8 heteroatoms. The van der Waals surface area contributed by atoms with Crippen molar-refractivity contribution >= 4 is 28.0 Å². The van der Waals surface area contributed by atoms with Gasteiger partial charge in [-0.25, -0.2) is 13.1 Å². The molecule has 2 aromatic rings. The molecule has 0 aliphatic carbocycles. The maximum Gasteiger partial charge on any atom is 0.321 e. The van der Waals surface area contributed by atoms with Gasteiger partial charge in [0.1, 0.15) is 6.54 Å². The zero-order chi connectivity index (χ0) is 20.4. The van der Waals surface area contributed by atoms with Crippen LogP contribution >= 0.6 is 0 Å². The first kappa shape index (κ1) is 21.3. The van der Waals surface area contributed by atoms with Crippen molar-refractivity contribution in [1.82, 2.24) is 10.0 Å². The Hall–Kier alpha value is -2.97. The zero-order valence-electron chi connectivity index (χ0n) is 15.4. The van der Waals surface area contributed by atoms with Gasteiger partial charge in [0.15, 0.2) is 6.10 Å². The van der Waals surface area contributed by atoms with Crippen molar-refractivity contribution in [2.24, 2.45) is 0 Å². The van der Waals surface area contributed by atoms with Crippen molar-refractivity contribution in [3.8, 4) is 0 Å². The average molecular weight is 402 g/mol. The van der Waals surface area contributed by atoms with Crippen molar-refractivity contribution in [2.45, 2.75) is 19.6 Å². The van der Waals surface area contributed by atoms with Crippen LogP contribution in [0.15, 0.2) is 66.1 Å². The summed E-state index contributed by atoms with van der Waals surface area (Å²) in [5.74, 6) is -1.32. The first-order valence-corrected chi connectivity index (χ1v) is 10.1. The van der Waals surface area contributed by atoms with E-state index < -0.39 is 34.5 Å². The van der Waals surface area contributed by atoms with Gasteiger partial charge in [-0.05, 0) is 24.1 Å². The minimum absolute atomic E-state index is 0.304. The standard InChI is InChI=1S/C20H22N2O5S/c1-16(20(24)21-14-18-10-6-3-7-11-18)27-19(23)15-22-28(25,26)13-12-17-8-4-2-5-9-17/h2-13,16,22H,14-15H2,1H3,(H,21,24)/b13-12+/t16-/m0/s1. The number of benzene rings is 2. The summed E-state index contributed by atoms with van der Waals surface area (Å²) in [6.45, 7) is 1.15. The van der Waals surface area contributed by atoms with Gasteiger partial charge in [0.2, 0.25) is 10.0 Å². The molecule has 2 N–H and O–H groups in total. The molecule has 2 rings (SSSR count). The highest BCUT2D eigenvalue weighted by Crippen LogP contribution is 2.03. The van der Waals surface area contributed by atoms with Crippen molar-refractivity contribution in [3.63, 3.8) is 0 Å². The van der Waals surface area contributed by atoms with Crippen LogP contribution in [0.25, 0.3) is 6.08 Å². The predicted octanol–water partition coefficient (Wildman–Crippen LogP) is 1.82. The van der Waals surface area contributed by atoms with Gasteiger partial charge in [-0.2, -0.15) is 0 Å². The van der Waals surface area contributed by atoms with E-state index in [4.69, 9.17) is 4.74 Å². The summed E-state index contributed by atoms with van der Waals surface area (Å²) in [6.07, 6.45) is 0.369. The second-order valence-electron chi connectivity index (χ2n) is 5.92. The predicted molar refractivity (Wildman–Crippen MR) is 106 cm³/mol. The maximum absolute atomic E-state index is 12.0. The normalized spacial score (nSPS) is 12.5. The molecule has 28 heavy (non-hydrogen) atoms. The van der Waals surface area contributed by atoms with Crippen LogP contribution in [0.2, 0.25) is 0 Å². The monoisotopic (exact) mass is 402 g/mol. The lowest BCUT2D eigenvalue weighted by atomic mass is 10.2. The van der Waals surface area contributed by atoms with Gasteiger partial charge in [0.05, 0.1) is 0 Å². The summed E-state index contributed by atoms with van der Waals surface area (Å²) >= 11 is 0. The van der Waals surface area contributed by atoms with Crippen LogP contribution in [0.4, 0.5) is 0 Å². The van der Waals surface area contributed by atoms with E-state index in [2.05, 4.69) is 10.0 Å². The number of hydrogen-bond donors (Lipinski definition) is 2. The Bertz CT molecular complexity index is 912. The van der Waals surface area contributed by atoms with Crippen molar-refractivity contribution in [2.75, 3.05) is 6.54 Å². The van der Waals surface area contributed by atoms with E-state index in [1.54, 1.807) is 24.3 Å². The number of sulfonamides is 1. The summed E-state index contributed by atoms with van der Waals surface area (Å²) in [4.78, 5) is 23.8. The van der Waals surface area contributed by atoms with Crippen molar-refractivity contribution in [3.05, 3.63) is 77.2 Å². The number of nitrogens with one attached hydrogen (secondary N) is 2. The molecule has 0 saturated heterocycles. The number of amides is 1. The highest BCUT2D eigenvalue weighted by atomic mass is 32.2. The third kappa shape index (κ3) is 7.73.